The molecule has 0 aliphatic heterocycles. The summed E-state index contributed by atoms with van der Waals surface area (Å²) in [6, 6.07) is 6.23. The summed E-state index contributed by atoms with van der Waals surface area (Å²) in [6.45, 7) is 1.20. The van der Waals surface area contributed by atoms with Crippen molar-refractivity contribution in [3.63, 3.8) is 0 Å². The molecule has 1 amide bonds. The summed E-state index contributed by atoms with van der Waals surface area (Å²) in [6.07, 6.45) is 0. The van der Waals surface area contributed by atoms with Crippen LogP contribution in [0.3, 0.4) is 0 Å². The molecule has 31 heavy (non-hydrogen) atoms. The third-order valence-electron chi connectivity index (χ3n) is 4.15. The van der Waals surface area contributed by atoms with Gasteiger partial charge in [0, 0.05) is 17.8 Å². The van der Waals surface area contributed by atoms with Gasteiger partial charge < -0.3 is 18.9 Å². The van der Waals surface area contributed by atoms with Crippen LogP contribution in [0.5, 0.6) is 23.0 Å². The number of hydrogen-bond acceptors (Lipinski definition) is 8. The second-order valence-corrected chi connectivity index (χ2v) is 6.76. The van der Waals surface area contributed by atoms with E-state index in [1.165, 1.54) is 47.5 Å². The molecule has 2 aromatic carbocycles. The van der Waals surface area contributed by atoms with Crippen LogP contribution in [0, 0.1) is 0 Å². The molecule has 0 radical (unpaired) electrons. The van der Waals surface area contributed by atoms with Gasteiger partial charge >= 0.3 is 0 Å². The highest BCUT2D eigenvalue weighted by Gasteiger charge is 2.30. The lowest BCUT2D eigenvalue weighted by Crippen LogP contribution is -2.36. The number of azo groups is 1. The Morgan fingerprint density at radius 1 is 0.968 bits per heavy atom. The summed E-state index contributed by atoms with van der Waals surface area (Å²) in [5, 5.41) is 8.06. The number of nitrogens with zero attached hydrogens (tertiary/aromatic N) is 3. The summed E-state index contributed by atoms with van der Waals surface area (Å²) < 4.78 is 21.6. The fourth-order valence-corrected chi connectivity index (χ4v) is 2.99. The van der Waals surface area contributed by atoms with Crippen molar-refractivity contribution < 1.29 is 28.5 Å². The van der Waals surface area contributed by atoms with Gasteiger partial charge in [0.25, 0.3) is 5.91 Å². The van der Waals surface area contributed by atoms with Crippen LogP contribution in [0.1, 0.15) is 6.92 Å². The lowest BCUT2D eigenvalue weighted by atomic mass is 10.2. The van der Waals surface area contributed by atoms with E-state index in [0.717, 1.165) is 4.42 Å². The van der Waals surface area contributed by atoms with Crippen LogP contribution in [0.15, 0.2) is 40.6 Å². The lowest BCUT2D eigenvalue weighted by Gasteiger charge is -2.19. The van der Waals surface area contributed by atoms with Crippen molar-refractivity contribution in [1.82, 2.24) is 0 Å². The Balaban J connectivity index is 2.42. The third kappa shape index (κ3) is 5.36. The molecule has 0 spiro atoms. The third-order valence-corrected chi connectivity index (χ3v) is 4.81. The van der Waals surface area contributed by atoms with E-state index in [2.05, 4.69) is 10.2 Å². The highest BCUT2D eigenvalue weighted by molar-refractivity contribution is 6.39. The summed E-state index contributed by atoms with van der Waals surface area (Å²) in [7, 11) is 5.74. The summed E-state index contributed by atoms with van der Waals surface area (Å²) >= 11 is 12.4. The molecule has 11 heteroatoms. The van der Waals surface area contributed by atoms with E-state index in [-0.39, 0.29) is 27.9 Å². The molecule has 166 valence electrons. The van der Waals surface area contributed by atoms with E-state index in [9.17, 15) is 9.59 Å². The first kappa shape index (κ1) is 24.2. The van der Waals surface area contributed by atoms with Crippen LogP contribution in [0.25, 0.3) is 0 Å². The number of carbonyl (C=O) groups excluding carboxylic acids is 2. The second-order valence-electron chi connectivity index (χ2n) is 6.02. The number of ether oxygens (including phenoxy) is 4. The van der Waals surface area contributed by atoms with Crippen LogP contribution >= 0.6 is 23.4 Å². The average molecular weight is 470 g/mol. The van der Waals surface area contributed by atoms with Crippen LogP contribution in [0.2, 0.25) is 5.02 Å². The van der Waals surface area contributed by atoms with Crippen LogP contribution in [-0.2, 0) is 9.59 Å². The normalized spacial score (nSPS) is 11.7. The van der Waals surface area contributed by atoms with Gasteiger partial charge in [-0.3, -0.25) is 9.59 Å². The van der Waals surface area contributed by atoms with Gasteiger partial charge in [-0.05, 0) is 31.2 Å². The molecular formula is C20H21Cl2N3O6. The smallest absolute Gasteiger partial charge is 0.276 e. The molecule has 0 fully saturated rings. The topological polar surface area (TPSA) is 99.0 Å². The molecule has 9 nitrogen and oxygen atoms in total. The molecule has 0 N–H and O–H groups in total. The Kier molecular flexibility index (Phi) is 8.47. The number of amides is 1. The predicted molar refractivity (Wildman–Crippen MR) is 116 cm³/mol. The van der Waals surface area contributed by atoms with Gasteiger partial charge in [-0.15, -0.1) is 5.11 Å². The molecule has 2 rings (SSSR count). The molecule has 1 atom stereocenters. The number of hydrogen-bond donors (Lipinski definition) is 0. The number of Topliss-reactive ketones (excluding diaryl/α,β-unsaturated/α-hetero) is 1. The standard InChI is InChI=1S/C20H21Cl2N3O6/c1-11(26)17(23-24-18-13(21)7-9-15(29-3)19(18)31-5)20(27)25(22)14-8-6-12(28-2)10-16(14)30-4/h6-10,17H,1-5H3. The minimum absolute atomic E-state index is 0.103. The predicted octanol–water partition coefficient (Wildman–Crippen LogP) is 4.60. The largest absolute Gasteiger partial charge is 0.497 e. The molecule has 1 unspecified atom stereocenters. The van der Waals surface area contributed by atoms with E-state index < -0.39 is 17.7 Å². The summed E-state index contributed by atoms with van der Waals surface area (Å²) in [5.41, 5.74) is 0.305. The van der Waals surface area contributed by atoms with Crippen molar-refractivity contribution in [2.75, 3.05) is 32.9 Å². The average Bonchev–Trinajstić information content (AvgIpc) is 2.78. The Morgan fingerprint density at radius 3 is 2.19 bits per heavy atom. The highest BCUT2D eigenvalue weighted by Crippen LogP contribution is 2.42. The number of halogens is 2. The van der Waals surface area contributed by atoms with E-state index >= 15 is 0 Å². The first-order chi connectivity index (χ1) is 14.8. The van der Waals surface area contributed by atoms with Crippen molar-refractivity contribution in [3.05, 3.63) is 35.4 Å². The summed E-state index contributed by atoms with van der Waals surface area (Å²) in [4.78, 5) is 25.1. The minimum atomic E-state index is -1.53. The van der Waals surface area contributed by atoms with Crippen molar-refractivity contribution in [3.8, 4) is 23.0 Å². The number of methoxy groups -OCH3 is 4. The first-order valence-corrected chi connectivity index (χ1v) is 9.54. The van der Waals surface area contributed by atoms with Crippen LogP contribution < -0.4 is 23.4 Å². The molecule has 0 bridgehead atoms. The van der Waals surface area contributed by atoms with E-state index in [4.69, 9.17) is 42.3 Å². The first-order valence-electron chi connectivity index (χ1n) is 8.82. The Labute approximate surface area is 189 Å². The number of rotatable bonds is 9. The van der Waals surface area contributed by atoms with Gasteiger partial charge in [0.15, 0.2) is 17.3 Å². The zero-order valence-corrected chi connectivity index (χ0v) is 19.0. The Hall–Kier alpha value is -3.04. The van der Waals surface area contributed by atoms with Crippen LogP contribution in [0.4, 0.5) is 11.4 Å². The number of anilines is 1. The van der Waals surface area contributed by atoms with Gasteiger partial charge in [-0.2, -0.15) is 5.11 Å². The van der Waals surface area contributed by atoms with Crippen molar-refractivity contribution in [1.29, 1.82) is 0 Å². The van der Waals surface area contributed by atoms with Crippen molar-refractivity contribution in [2.24, 2.45) is 10.2 Å². The molecule has 0 saturated carbocycles. The quantitative estimate of drug-likeness (QED) is 0.302. The Morgan fingerprint density at radius 2 is 1.65 bits per heavy atom. The molecule has 0 heterocycles. The highest BCUT2D eigenvalue weighted by atomic mass is 35.5. The monoisotopic (exact) mass is 469 g/mol. The minimum Gasteiger partial charge on any atom is -0.497 e. The van der Waals surface area contributed by atoms with E-state index in [1.807, 2.05) is 0 Å². The lowest BCUT2D eigenvalue weighted by molar-refractivity contribution is -0.126. The molecule has 2 aromatic rings. The van der Waals surface area contributed by atoms with Gasteiger partial charge in [0.2, 0.25) is 6.04 Å². The van der Waals surface area contributed by atoms with Crippen molar-refractivity contribution >= 4 is 46.4 Å². The molecule has 0 aromatic heterocycles. The maximum atomic E-state index is 12.9. The van der Waals surface area contributed by atoms with E-state index in [0.29, 0.717) is 11.5 Å². The molecule has 0 saturated heterocycles. The molecule has 0 aliphatic rings. The zero-order chi connectivity index (χ0) is 23.1. The Bertz CT molecular complexity index is 999. The van der Waals surface area contributed by atoms with Crippen LogP contribution in [-0.4, -0.2) is 46.2 Å². The van der Waals surface area contributed by atoms with Gasteiger partial charge in [0.05, 0.1) is 33.5 Å². The molecular weight excluding hydrogens is 449 g/mol. The van der Waals surface area contributed by atoms with Gasteiger partial charge in [0.1, 0.15) is 22.9 Å². The maximum Gasteiger partial charge on any atom is 0.276 e. The van der Waals surface area contributed by atoms with Crippen molar-refractivity contribution in [2.45, 2.75) is 13.0 Å². The number of benzene rings is 2. The fourth-order valence-electron chi connectivity index (χ4n) is 2.57. The van der Waals surface area contributed by atoms with Gasteiger partial charge in [-0.25, -0.2) is 4.42 Å². The molecule has 0 aliphatic carbocycles. The fraction of sp³-hybridized carbons (Fsp3) is 0.300. The summed E-state index contributed by atoms with van der Waals surface area (Å²) in [5.74, 6) is -0.0917. The van der Waals surface area contributed by atoms with E-state index in [1.54, 1.807) is 18.2 Å². The maximum absolute atomic E-state index is 12.9. The SMILES string of the molecule is COc1ccc(N(Cl)C(=O)C(N=Nc2c(Cl)ccc(OC)c2OC)C(C)=O)c(OC)c1. The number of ketones is 1. The second kappa shape index (κ2) is 10.8. The number of carbonyl (C=O) groups is 2. The van der Waals surface area contributed by atoms with Gasteiger partial charge in [-0.1, -0.05) is 11.6 Å². The zero-order valence-electron chi connectivity index (χ0n) is 17.5.